The minimum Gasteiger partial charge on any atom is -0.497 e. The van der Waals surface area contributed by atoms with Gasteiger partial charge in [0, 0.05) is 18.2 Å². The lowest BCUT2D eigenvalue weighted by atomic mass is 10.2. The molecule has 0 amide bonds. The number of nitrogens with zero attached hydrogens (tertiary/aromatic N) is 3. The monoisotopic (exact) mass is 323 g/mol. The minimum atomic E-state index is -0.410. The third-order valence-electron chi connectivity index (χ3n) is 3.79. The van der Waals surface area contributed by atoms with Gasteiger partial charge >= 0.3 is 5.76 Å². The Kier molecular flexibility index (Phi) is 3.19. The molecule has 7 nitrogen and oxygen atoms in total. The molecule has 0 bridgehead atoms. The molecule has 0 saturated heterocycles. The van der Waals surface area contributed by atoms with Gasteiger partial charge in [0.2, 0.25) is 5.82 Å². The molecule has 0 unspecified atom stereocenters. The standard InChI is InChI=1S/C17H13N3O4/c1-20-13-7-6-10(9-14(13)23-17(20)21)15-18-16(24-19-15)11-4-3-5-12(8-11)22-2/h3-9H,1-2H3. The molecule has 0 atom stereocenters. The van der Waals surface area contributed by atoms with Crippen LogP contribution in [0.1, 0.15) is 0 Å². The van der Waals surface area contributed by atoms with Gasteiger partial charge in [-0.1, -0.05) is 11.2 Å². The van der Waals surface area contributed by atoms with E-state index in [1.807, 2.05) is 30.3 Å². The van der Waals surface area contributed by atoms with Gasteiger partial charge in [-0.15, -0.1) is 0 Å². The number of methoxy groups -OCH3 is 1. The predicted octanol–water partition coefficient (Wildman–Crippen LogP) is 2.86. The summed E-state index contributed by atoms with van der Waals surface area (Å²) in [5.74, 6) is 1.10. The Morgan fingerprint density at radius 1 is 1.12 bits per heavy atom. The third-order valence-corrected chi connectivity index (χ3v) is 3.79. The first-order chi connectivity index (χ1) is 11.7. The molecule has 0 spiro atoms. The van der Waals surface area contributed by atoms with E-state index < -0.39 is 5.76 Å². The molecule has 0 fully saturated rings. The molecule has 0 saturated carbocycles. The number of hydrogen-bond acceptors (Lipinski definition) is 6. The number of fused-ring (bicyclic) bond motifs is 1. The lowest BCUT2D eigenvalue weighted by Gasteiger charge is -1.99. The first-order valence-electron chi connectivity index (χ1n) is 7.24. The Balaban J connectivity index is 1.75. The van der Waals surface area contributed by atoms with Crippen LogP contribution in [0.15, 0.2) is 56.2 Å². The molecule has 0 aliphatic rings. The number of hydrogen-bond donors (Lipinski definition) is 0. The van der Waals surface area contributed by atoms with Crippen LogP contribution >= 0.6 is 0 Å². The van der Waals surface area contributed by atoms with Crippen LogP contribution in [0.25, 0.3) is 33.9 Å². The van der Waals surface area contributed by atoms with Crippen LogP contribution in [-0.2, 0) is 7.05 Å². The zero-order chi connectivity index (χ0) is 16.7. The number of ether oxygens (including phenoxy) is 1. The molecule has 7 heteroatoms. The molecule has 0 radical (unpaired) electrons. The van der Waals surface area contributed by atoms with Crippen LogP contribution in [0, 0.1) is 0 Å². The Hall–Kier alpha value is -3.35. The maximum Gasteiger partial charge on any atom is 0.419 e. The predicted molar refractivity (Wildman–Crippen MR) is 86.7 cm³/mol. The highest BCUT2D eigenvalue weighted by Gasteiger charge is 2.13. The van der Waals surface area contributed by atoms with Gasteiger partial charge in [-0.2, -0.15) is 4.98 Å². The van der Waals surface area contributed by atoms with Gasteiger partial charge in [-0.25, -0.2) is 4.79 Å². The Bertz CT molecular complexity index is 1090. The van der Waals surface area contributed by atoms with E-state index >= 15 is 0 Å². The first kappa shape index (κ1) is 14.3. The molecular weight excluding hydrogens is 310 g/mol. The van der Waals surface area contributed by atoms with E-state index in [1.54, 1.807) is 26.3 Å². The summed E-state index contributed by atoms with van der Waals surface area (Å²) in [6.07, 6.45) is 0. The second-order valence-corrected chi connectivity index (χ2v) is 5.26. The fourth-order valence-electron chi connectivity index (χ4n) is 2.49. The van der Waals surface area contributed by atoms with Gasteiger partial charge in [0.1, 0.15) is 5.75 Å². The normalized spacial score (nSPS) is 11.1. The summed E-state index contributed by atoms with van der Waals surface area (Å²) in [6, 6.07) is 12.7. The van der Waals surface area contributed by atoms with Crippen molar-refractivity contribution in [1.29, 1.82) is 0 Å². The topological polar surface area (TPSA) is 83.3 Å². The van der Waals surface area contributed by atoms with E-state index in [1.165, 1.54) is 4.57 Å². The lowest BCUT2D eigenvalue weighted by molar-refractivity contribution is 0.413. The molecule has 0 aliphatic carbocycles. The van der Waals surface area contributed by atoms with E-state index in [9.17, 15) is 4.79 Å². The van der Waals surface area contributed by atoms with Crippen LogP contribution in [0.2, 0.25) is 0 Å². The van der Waals surface area contributed by atoms with E-state index in [4.69, 9.17) is 13.7 Å². The smallest absolute Gasteiger partial charge is 0.419 e. The van der Waals surface area contributed by atoms with Gasteiger partial charge < -0.3 is 13.7 Å². The van der Waals surface area contributed by atoms with Crippen molar-refractivity contribution in [3.05, 3.63) is 53.0 Å². The number of benzene rings is 2. The molecule has 24 heavy (non-hydrogen) atoms. The SMILES string of the molecule is COc1cccc(-c2nc(-c3ccc4c(c3)oc(=O)n4C)no2)c1. The maximum atomic E-state index is 11.6. The summed E-state index contributed by atoms with van der Waals surface area (Å²) in [5.41, 5.74) is 2.66. The van der Waals surface area contributed by atoms with Crippen molar-refractivity contribution in [2.45, 2.75) is 0 Å². The fourth-order valence-corrected chi connectivity index (χ4v) is 2.49. The van der Waals surface area contributed by atoms with E-state index in [0.29, 0.717) is 34.1 Å². The van der Waals surface area contributed by atoms with E-state index in [0.717, 1.165) is 5.56 Å². The van der Waals surface area contributed by atoms with Crippen molar-refractivity contribution in [3.8, 4) is 28.6 Å². The summed E-state index contributed by atoms with van der Waals surface area (Å²) in [5, 5.41) is 4.00. The molecule has 120 valence electrons. The molecular formula is C17H13N3O4. The number of aryl methyl sites for hydroxylation is 1. The number of rotatable bonds is 3. The van der Waals surface area contributed by atoms with Gasteiger partial charge in [0.05, 0.1) is 12.6 Å². The minimum absolute atomic E-state index is 0.388. The largest absolute Gasteiger partial charge is 0.497 e. The number of oxazole rings is 1. The van der Waals surface area contributed by atoms with Gasteiger partial charge in [0.25, 0.3) is 5.89 Å². The third kappa shape index (κ3) is 2.26. The first-order valence-corrected chi connectivity index (χ1v) is 7.24. The molecule has 4 rings (SSSR count). The average Bonchev–Trinajstić information content (AvgIpc) is 3.20. The zero-order valence-corrected chi connectivity index (χ0v) is 13.0. The van der Waals surface area contributed by atoms with E-state index in [2.05, 4.69) is 10.1 Å². The van der Waals surface area contributed by atoms with Crippen LogP contribution in [0.3, 0.4) is 0 Å². The van der Waals surface area contributed by atoms with Crippen LogP contribution in [-0.4, -0.2) is 21.8 Å². The van der Waals surface area contributed by atoms with Crippen molar-refractivity contribution in [2.24, 2.45) is 7.05 Å². The van der Waals surface area contributed by atoms with Gasteiger partial charge in [0.15, 0.2) is 5.58 Å². The summed E-state index contributed by atoms with van der Waals surface area (Å²) >= 11 is 0. The molecule has 4 aromatic rings. The summed E-state index contributed by atoms with van der Waals surface area (Å²) in [7, 11) is 3.25. The highest BCUT2D eigenvalue weighted by Crippen LogP contribution is 2.26. The Morgan fingerprint density at radius 3 is 2.83 bits per heavy atom. The highest BCUT2D eigenvalue weighted by molar-refractivity contribution is 5.79. The second-order valence-electron chi connectivity index (χ2n) is 5.26. The summed E-state index contributed by atoms with van der Waals surface area (Å²) < 4.78 is 17.2. The van der Waals surface area contributed by atoms with Gasteiger partial charge in [-0.3, -0.25) is 4.57 Å². The van der Waals surface area contributed by atoms with Crippen LogP contribution in [0.5, 0.6) is 5.75 Å². The molecule has 2 aromatic carbocycles. The van der Waals surface area contributed by atoms with E-state index in [-0.39, 0.29) is 0 Å². The summed E-state index contributed by atoms with van der Waals surface area (Å²) in [6.45, 7) is 0. The Labute approximate surface area is 136 Å². The van der Waals surface area contributed by atoms with Crippen molar-refractivity contribution < 1.29 is 13.7 Å². The maximum absolute atomic E-state index is 11.6. The zero-order valence-electron chi connectivity index (χ0n) is 13.0. The molecule has 0 N–H and O–H groups in total. The van der Waals surface area contributed by atoms with Crippen LogP contribution in [0.4, 0.5) is 0 Å². The quantitative estimate of drug-likeness (QED) is 0.576. The molecule has 2 heterocycles. The number of aromatic nitrogens is 3. The average molecular weight is 323 g/mol. The van der Waals surface area contributed by atoms with Crippen molar-refractivity contribution in [2.75, 3.05) is 7.11 Å². The van der Waals surface area contributed by atoms with Crippen molar-refractivity contribution in [3.63, 3.8) is 0 Å². The van der Waals surface area contributed by atoms with Gasteiger partial charge in [-0.05, 0) is 36.4 Å². The fraction of sp³-hybridized carbons (Fsp3) is 0.118. The molecule has 0 aliphatic heterocycles. The van der Waals surface area contributed by atoms with Crippen LogP contribution < -0.4 is 10.5 Å². The second kappa shape index (κ2) is 5.38. The lowest BCUT2D eigenvalue weighted by Crippen LogP contribution is -2.08. The summed E-state index contributed by atoms with van der Waals surface area (Å²) in [4.78, 5) is 16.0. The molecule has 2 aromatic heterocycles. The van der Waals surface area contributed by atoms with Crippen molar-refractivity contribution >= 4 is 11.1 Å². The van der Waals surface area contributed by atoms with Crippen molar-refractivity contribution in [1.82, 2.24) is 14.7 Å². The Morgan fingerprint density at radius 2 is 2.00 bits per heavy atom. The highest BCUT2D eigenvalue weighted by atomic mass is 16.5.